The molecule has 12 heteroatoms. The Kier molecular flexibility index (Phi) is 11.0. The Bertz CT molecular complexity index is 949. The van der Waals surface area contributed by atoms with Crippen LogP contribution in [0, 0.1) is 11.8 Å². The minimum Gasteiger partial charge on any atom is -0.350 e. The van der Waals surface area contributed by atoms with Gasteiger partial charge >= 0.3 is 0 Å². The Balaban J connectivity index is 1.21. The first-order valence-corrected chi connectivity index (χ1v) is 16.9. The number of halogens is 2. The number of nitrogens with zero attached hydrogens (tertiary/aromatic N) is 4. The summed E-state index contributed by atoms with van der Waals surface area (Å²) in [5, 5.41) is 6.33. The van der Waals surface area contributed by atoms with Crippen molar-refractivity contribution in [2.24, 2.45) is 23.3 Å². The lowest BCUT2D eigenvalue weighted by molar-refractivity contribution is -0.146. The number of likely N-dealkylation sites (tertiary alicyclic amines) is 1. The van der Waals surface area contributed by atoms with Gasteiger partial charge in [0.2, 0.25) is 11.8 Å². The number of nitrogens with two attached hydrogens (primary N) is 2. The Morgan fingerprint density at radius 3 is 2.60 bits per heavy atom. The molecule has 0 aromatic heterocycles. The summed E-state index contributed by atoms with van der Waals surface area (Å²) >= 11 is 0. The Hall–Kier alpha value is -1.44. The number of piperidine rings is 2. The zero-order valence-electron chi connectivity index (χ0n) is 26.4. The molecule has 0 saturated carbocycles. The number of hydrogen-bond donors (Lipinski definition) is 4. The van der Waals surface area contributed by atoms with Gasteiger partial charge < -0.3 is 27.0 Å². The number of likely N-dealkylation sites (N-methyl/N-ethyl adjacent to an activating group) is 1. The van der Waals surface area contributed by atoms with Crippen molar-refractivity contribution >= 4 is 11.8 Å². The van der Waals surface area contributed by atoms with Crippen LogP contribution in [0.1, 0.15) is 64.7 Å². The molecule has 0 bridgehead atoms. The molecule has 0 aromatic rings. The monoisotopic (exact) mass is 610 g/mol. The van der Waals surface area contributed by atoms with Crippen molar-refractivity contribution in [3.05, 3.63) is 0 Å². The van der Waals surface area contributed by atoms with E-state index in [0.717, 1.165) is 84.1 Å². The molecule has 10 nitrogen and oxygen atoms in total. The number of fused-ring (bicyclic) bond motifs is 1. The quantitative estimate of drug-likeness (QED) is 0.266. The number of carbonyl (C=O) groups is 2. The van der Waals surface area contributed by atoms with E-state index in [4.69, 9.17) is 11.5 Å². The van der Waals surface area contributed by atoms with Gasteiger partial charge in [-0.15, -0.1) is 0 Å². The summed E-state index contributed by atoms with van der Waals surface area (Å²) in [6.45, 7) is 7.57. The van der Waals surface area contributed by atoms with Gasteiger partial charge in [-0.1, -0.05) is 19.8 Å². The highest BCUT2D eigenvalue weighted by Crippen LogP contribution is 2.49. The van der Waals surface area contributed by atoms with Crippen LogP contribution in [-0.2, 0) is 9.59 Å². The summed E-state index contributed by atoms with van der Waals surface area (Å²) in [7, 11) is 1.97. The lowest BCUT2D eigenvalue weighted by Gasteiger charge is -2.61. The van der Waals surface area contributed by atoms with Crippen LogP contribution in [0.25, 0.3) is 0 Å². The molecule has 0 spiro atoms. The lowest BCUT2D eigenvalue weighted by Crippen LogP contribution is -2.73. The predicted octanol–water partition coefficient (Wildman–Crippen LogP) is 0.652. The number of rotatable bonds is 10. The summed E-state index contributed by atoms with van der Waals surface area (Å²) in [6, 6.07) is -1.07. The normalized spacial score (nSPS) is 36.2. The van der Waals surface area contributed by atoms with Crippen molar-refractivity contribution in [1.82, 2.24) is 30.2 Å². The van der Waals surface area contributed by atoms with Crippen molar-refractivity contribution in [1.29, 1.82) is 0 Å². The van der Waals surface area contributed by atoms with E-state index in [1.165, 1.54) is 0 Å². The molecule has 0 aliphatic carbocycles. The van der Waals surface area contributed by atoms with E-state index in [9.17, 15) is 14.0 Å². The maximum Gasteiger partial charge on any atom is 0.236 e. The lowest BCUT2D eigenvalue weighted by atomic mass is 9.68. The Labute approximate surface area is 256 Å². The fraction of sp³-hybridized carbons (Fsp3) is 0.935. The van der Waals surface area contributed by atoms with E-state index in [-0.39, 0.29) is 29.9 Å². The van der Waals surface area contributed by atoms with Crippen LogP contribution in [0.3, 0.4) is 0 Å². The molecule has 7 unspecified atom stereocenters. The number of amides is 2. The highest BCUT2D eigenvalue weighted by molar-refractivity contribution is 5.81. The molecule has 2 amide bonds. The van der Waals surface area contributed by atoms with E-state index < -0.39 is 36.5 Å². The molecule has 5 fully saturated rings. The maximum atomic E-state index is 15.6. The van der Waals surface area contributed by atoms with Crippen molar-refractivity contribution in [2.75, 3.05) is 66.0 Å². The summed E-state index contributed by atoms with van der Waals surface area (Å²) in [5.74, 6) is -0.355. The summed E-state index contributed by atoms with van der Waals surface area (Å²) < 4.78 is 30.4. The predicted molar refractivity (Wildman–Crippen MR) is 164 cm³/mol. The Morgan fingerprint density at radius 2 is 1.91 bits per heavy atom. The topological polar surface area (TPSA) is 123 Å². The molecule has 6 N–H and O–H groups in total. The first-order chi connectivity index (χ1) is 20.6. The van der Waals surface area contributed by atoms with Crippen molar-refractivity contribution < 1.29 is 18.4 Å². The third-order valence-electron chi connectivity index (χ3n) is 11.2. The van der Waals surface area contributed by atoms with Gasteiger partial charge in [0.1, 0.15) is 12.3 Å². The molecule has 5 aliphatic rings. The second-order valence-corrected chi connectivity index (χ2v) is 14.2. The fourth-order valence-electron chi connectivity index (χ4n) is 8.72. The van der Waals surface area contributed by atoms with Crippen LogP contribution < -0.4 is 22.1 Å². The molecular formula is C31H56F2N8O2. The smallest absolute Gasteiger partial charge is 0.236 e. The average Bonchev–Trinajstić information content (AvgIpc) is 3.08. The van der Waals surface area contributed by atoms with Crippen LogP contribution in [0.4, 0.5) is 8.78 Å². The van der Waals surface area contributed by atoms with E-state index in [1.54, 1.807) is 0 Å². The number of nitrogens with one attached hydrogen (secondary N) is 2. The molecule has 43 heavy (non-hydrogen) atoms. The fourth-order valence-corrected chi connectivity index (χ4v) is 8.72. The van der Waals surface area contributed by atoms with Crippen LogP contribution >= 0.6 is 0 Å². The maximum absolute atomic E-state index is 15.6. The summed E-state index contributed by atoms with van der Waals surface area (Å²) in [4.78, 5) is 34.8. The number of carbonyl (C=O) groups excluding carboxylic acids is 2. The minimum atomic E-state index is -1.12. The zero-order valence-corrected chi connectivity index (χ0v) is 26.4. The number of hydrogen-bond acceptors (Lipinski definition) is 8. The molecule has 0 aromatic carbocycles. The number of piperazine rings is 1. The first-order valence-electron chi connectivity index (χ1n) is 16.9. The molecule has 5 rings (SSSR count). The molecule has 5 saturated heterocycles. The van der Waals surface area contributed by atoms with Gasteiger partial charge in [0.05, 0.1) is 30.7 Å². The number of unbranched alkanes of at least 4 members (excludes halogenated alkanes) is 1. The largest absolute Gasteiger partial charge is 0.350 e. The van der Waals surface area contributed by atoms with Gasteiger partial charge in [0, 0.05) is 50.8 Å². The molecule has 5 heterocycles. The van der Waals surface area contributed by atoms with E-state index >= 15 is 4.39 Å². The third kappa shape index (κ3) is 7.35. The second-order valence-electron chi connectivity index (χ2n) is 14.2. The van der Waals surface area contributed by atoms with E-state index in [1.807, 2.05) is 11.9 Å². The standard InChI is InChI=1S/C31H56F2N8O2/c1-3-4-9-31-10-5-6-22(32)19-41(31)25(15-31)27(29(34)35)30(43)37-24-17-36-16-23(33)28(24)39-11-7-21(8-12-39)18-40-14-13-38(2)20-26(40)42/h21-25,27-29,36H,3-20,34-35H2,1-2H3,(H,37,43). The molecule has 5 aliphatic heterocycles. The zero-order chi connectivity index (χ0) is 30.7. The molecular weight excluding hydrogens is 554 g/mol. The minimum absolute atomic E-state index is 0.0764. The van der Waals surface area contributed by atoms with Gasteiger partial charge in [-0.2, -0.15) is 0 Å². The van der Waals surface area contributed by atoms with Crippen LogP contribution in [0.15, 0.2) is 0 Å². The highest BCUT2D eigenvalue weighted by atomic mass is 19.1. The average molecular weight is 611 g/mol. The first kappa shape index (κ1) is 32.9. The van der Waals surface area contributed by atoms with Gasteiger partial charge in [-0.05, 0) is 71.0 Å². The molecule has 0 radical (unpaired) electrons. The van der Waals surface area contributed by atoms with Crippen LogP contribution in [0.5, 0.6) is 0 Å². The van der Waals surface area contributed by atoms with Gasteiger partial charge in [0.25, 0.3) is 0 Å². The highest BCUT2D eigenvalue weighted by Gasteiger charge is 2.57. The molecule has 7 atom stereocenters. The van der Waals surface area contributed by atoms with Crippen molar-refractivity contribution in [2.45, 2.75) is 107 Å². The number of alkyl halides is 2. The second kappa shape index (κ2) is 14.3. The third-order valence-corrected chi connectivity index (χ3v) is 11.2. The SMILES string of the molecule is CCCCC12CCCC(F)CN1C(C(C(=O)NC1CNCC(F)C1N1CCC(CN3CCN(C)CC3=O)CC1)C(N)N)C2. The van der Waals surface area contributed by atoms with Crippen molar-refractivity contribution in [3.8, 4) is 0 Å². The summed E-state index contributed by atoms with van der Waals surface area (Å²) in [6.07, 6.45) is 5.16. The summed E-state index contributed by atoms with van der Waals surface area (Å²) in [5.41, 5.74) is 12.5. The molecule has 246 valence electrons. The van der Waals surface area contributed by atoms with Gasteiger partial charge in [0.15, 0.2) is 0 Å². The Morgan fingerprint density at radius 1 is 1.14 bits per heavy atom. The van der Waals surface area contributed by atoms with Crippen LogP contribution in [-0.4, -0.2) is 140 Å². The van der Waals surface area contributed by atoms with Gasteiger partial charge in [-0.25, -0.2) is 8.78 Å². The van der Waals surface area contributed by atoms with Crippen LogP contribution in [0.2, 0.25) is 0 Å². The van der Waals surface area contributed by atoms with Gasteiger partial charge in [-0.3, -0.25) is 24.3 Å². The van der Waals surface area contributed by atoms with E-state index in [2.05, 4.69) is 32.3 Å². The van der Waals surface area contributed by atoms with Crippen molar-refractivity contribution in [3.63, 3.8) is 0 Å². The van der Waals surface area contributed by atoms with E-state index in [0.29, 0.717) is 32.0 Å².